The van der Waals surface area contributed by atoms with Gasteiger partial charge in [0, 0.05) is 22.9 Å². The van der Waals surface area contributed by atoms with Crippen LogP contribution in [-0.2, 0) is 20.8 Å². The normalized spacial score (nSPS) is 23.3. The molecule has 1 aromatic carbocycles. The number of halogens is 1. The van der Waals surface area contributed by atoms with E-state index in [1.54, 1.807) is 17.0 Å². The quantitative estimate of drug-likeness (QED) is 0.636. The Balaban J connectivity index is 1.35. The van der Waals surface area contributed by atoms with Gasteiger partial charge in [-0.15, -0.1) is 11.8 Å². The zero-order valence-corrected chi connectivity index (χ0v) is 18.8. The Bertz CT molecular complexity index is 933. The number of nitrogens with zero attached hydrogens (tertiary/aromatic N) is 3. The molecule has 1 aromatic heterocycles. The molecule has 1 amide bonds. The summed E-state index contributed by atoms with van der Waals surface area (Å²) in [6, 6.07) is 4.84. The van der Waals surface area contributed by atoms with E-state index in [1.807, 2.05) is 27.0 Å². The Kier molecular flexibility index (Phi) is 6.23. The topological polar surface area (TPSA) is 86.9 Å². The van der Waals surface area contributed by atoms with Crippen molar-refractivity contribution in [1.82, 2.24) is 15.0 Å². The lowest BCUT2D eigenvalue weighted by atomic mass is 9.96. The number of hydrogen-bond donors (Lipinski definition) is 0. The highest BCUT2D eigenvalue weighted by Gasteiger charge is 2.46. The van der Waals surface area contributed by atoms with Gasteiger partial charge in [-0.1, -0.05) is 5.16 Å². The van der Waals surface area contributed by atoms with E-state index < -0.39 is 5.60 Å². The highest BCUT2D eigenvalue weighted by molar-refractivity contribution is 7.98. The minimum Gasteiger partial charge on any atom is -0.444 e. The van der Waals surface area contributed by atoms with Crippen molar-refractivity contribution in [2.45, 2.75) is 50.1 Å². The molecule has 0 aliphatic carbocycles. The Morgan fingerprint density at radius 3 is 2.84 bits per heavy atom. The van der Waals surface area contributed by atoms with Gasteiger partial charge >= 0.3 is 6.09 Å². The molecular formula is C21H26FN3O5S. The predicted octanol–water partition coefficient (Wildman–Crippen LogP) is 3.75. The first kappa shape index (κ1) is 22.0. The third-order valence-electron chi connectivity index (χ3n) is 5.14. The lowest BCUT2D eigenvalue weighted by molar-refractivity contribution is -0.0697. The van der Waals surface area contributed by atoms with Crippen LogP contribution in [0.4, 0.5) is 9.18 Å². The summed E-state index contributed by atoms with van der Waals surface area (Å²) in [4.78, 5) is 18.9. The first-order chi connectivity index (χ1) is 14.7. The molecule has 2 bridgehead atoms. The van der Waals surface area contributed by atoms with Gasteiger partial charge in [-0.2, -0.15) is 4.98 Å². The van der Waals surface area contributed by atoms with Crippen LogP contribution in [0.25, 0.3) is 11.4 Å². The first-order valence-electron chi connectivity index (χ1n) is 10.1. The SMILES string of the molecule is CSc1ccc(-c2noc(CO[C@H]3C4COC3CN(C(=O)OC(C)(C)C)C4)n2)cc1F. The average molecular weight is 452 g/mol. The lowest BCUT2D eigenvalue weighted by Gasteiger charge is -2.36. The maximum Gasteiger partial charge on any atom is 0.410 e. The largest absolute Gasteiger partial charge is 0.444 e. The number of aromatic nitrogens is 2. The predicted molar refractivity (Wildman–Crippen MR) is 111 cm³/mol. The molecule has 0 radical (unpaired) electrons. The van der Waals surface area contributed by atoms with Gasteiger partial charge in [0.25, 0.3) is 5.89 Å². The molecule has 10 heteroatoms. The van der Waals surface area contributed by atoms with Gasteiger partial charge in [-0.3, -0.25) is 0 Å². The summed E-state index contributed by atoms with van der Waals surface area (Å²) in [5.74, 6) is 0.336. The molecule has 8 nitrogen and oxygen atoms in total. The first-order valence-corrected chi connectivity index (χ1v) is 11.3. The fourth-order valence-corrected chi connectivity index (χ4v) is 4.21. The summed E-state index contributed by atoms with van der Waals surface area (Å²) >= 11 is 1.34. The third-order valence-corrected chi connectivity index (χ3v) is 5.91. The number of piperidine rings is 1. The van der Waals surface area contributed by atoms with Gasteiger partial charge in [0.15, 0.2) is 0 Å². The van der Waals surface area contributed by atoms with E-state index in [4.69, 9.17) is 18.7 Å². The van der Waals surface area contributed by atoms with E-state index in [-0.39, 0.29) is 36.6 Å². The molecule has 2 aliphatic heterocycles. The Labute approximate surface area is 184 Å². The number of amides is 1. The van der Waals surface area contributed by atoms with E-state index in [9.17, 15) is 9.18 Å². The Morgan fingerprint density at radius 1 is 1.35 bits per heavy atom. The van der Waals surface area contributed by atoms with Crippen LogP contribution in [-0.4, -0.2) is 64.9 Å². The highest BCUT2D eigenvalue weighted by Crippen LogP contribution is 2.32. The van der Waals surface area contributed by atoms with Gasteiger partial charge in [-0.25, -0.2) is 9.18 Å². The van der Waals surface area contributed by atoms with Crippen molar-refractivity contribution in [3.05, 3.63) is 29.9 Å². The molecule has 0 saturated carbocycles. The van der Waals surface area contributed by atoms with Gasteiger partial charge in [0.2, 0.25) is 5.82 Å². The molecule has 3 atom stereocenters. The van der Waals surface area contributed by atoms with Crippen LogP contribution < -0.4 is 0 Å². The van der Waals surface area contributed by atoms with Gasteiger partial charge in [-0.05, 0) is 45.2 Å². The summed E-state index contributed by atoms with van der Waals surface area (Å²) in [5.41, 5.74) is -0.00196. The van der Waals surface area contributed by atoms with Gasteiger partial charge in [0.1, 0.15) is 24.1 Å². The number of carbonyl (C=O) groups is 1. The Morgan fingerprint density at radius 2 is 2.16 bits per heavy atom. The minimum atomic E-state index is -0.543. The van der Waals surface area contributed by atoms with Crippen LogP contribution in [0.5, 0.6) is 0 Å². The fourth-order valence-electron chi connectivity index (χ4n) is 3.75. The third kappa shape index (κ3) is 5.02. The molecule has 0 N–H and O–H groups in total. The van der Waals surface area contributed by atoms with Gasteiger partial charge in [0.05, 0.1) is 19.3 Å². The van der Waals surface area contributed by atoms with Crippen molar-refractivity contribution in [3.63, 3.8) is 0 Å². The number of rotatable bonds is 5. The summed E-state index contributed by atoms with van der Waals surface area (Å²) < 4.78 is 36.6. The molecule has 4 rings (SSSR count). The van der Waals surface area contributed by atoms with Crippen LogP contribution in [0.3, 0.4) is 0 Å². The van der Waals surface area contributed by atoms with E-state index >= 15 is 0 Å². The maximum absolute atomic E-state index is 14.0. The van der Waals surface area contributed by atoms with E-state index in [2.05, 4.69) is 10.1 Å². The minimum absolute atomic E-state index is 0.0434. The second kappa shape index (κ2) is 8.76. The molecule has 2 fully saturated rings. The van der Waals surface area contributed by atoms with Crippen LogP contribution >= 0.6 is 11.8 Å². The van der Waals surface area contributed by atoms with Crippen molar-refractivity contribution in [2.75, 3.05) is 26.0 Å². The fraction of sp³-hybridized carbons (Fsp3) is 0.571. The molecular weight excluding hydrogens is 425 g/mol. The van der Waals surface area contributed by atoms with Crippen LogP contribution in [0.1, 0.15) is 26.7 Å². The average Bonchev–Trinajstić information content (AvgIpc) is 3.26. The zero-order chi connectivity index (χ0) is 22.2. The number of fused-ring (bicyclic) bond motifs is 2. The summed E-state index contributed by atoms with van der Waals surface area (Å²) in [7, 11) is 0. The second-order valence-electron chi connectivity index (χ2n) is 8.65. The van der Waals surface area contributed by atoms with Crippen molar-refractivity contribution in [1.29, 1.82) is 0 Å². The number of likely N-dealkylation sites (tertiary alicyclic amines) is 1. The van der Waals surface area contributed by atoms with E-state index in [0.717, 1.165) is 0 Å². The molecule has 0 spiro atoms. The highest BCUT2D eigenvalue weighted by atomic mass is 32.2. The number of ether oxygens (including phenoxy) is 3. The van der Waals surface area contributed by atoms with Crippen LogP contribution in [0, 0.1) is 11.7 Å². The van der Waals surface area contributed by atoms with Crippen molar-refractivity contribution < 1.29 is 27.9 Å². The van der Waals surface area contributed by atoms with Crippen molar-refractivity contribution >= 4 is 17.9 Å². The van der Waals surface area contributed by atoms with Crippen LogP contribution in [0.15, 0.2) is 27.6 Å². The molecule has 2 unspecified atom stereocenters. The summed E-state index contributed by atoms with van der Waals surface area (Å²) in [6.45, 7) is 7.08. The molecule has 2 aromatic rings. The molecule has 2 saturated heterocycles. The molecule has 31 heavy (non-hydrogen) atoms. The number of thioether (sulfide) groups is 1. The standard InChI is InChI=1S/C21H26FN3O5S/c1-21(2,3)29-20(26)25-8-13-10-27-15(9-25)18(13)28-11-17-23-19(24-30-17)12-5-6-16(31-4)14(22)7-12/h5-7,13,15,18H,8-11H2,1-4H3/t13?,15?,18-/m0/s1. The zero-order valence-electron chi connectivity index (χ0n) is 18.0. The second-order valence-corrected chi connectivity index (χ2v) is 9.50. The van der Waals surface area contributed by atoms with E-state index in [1.165, 1.54) is 17.8 Å². The summed E-state index contributed by atoms with van der Waals surface area (Å²) in [6.07, 6.45) is 1.07. The Hall–Kier alpha value is -2.17. The maximum atomic E-state index is 14.0. The van der Waals surface area contributed by atoms with Crippen LogP contribution in [0.2, 0.25) is 0 Å². The lowest BCUT2D eigenvalue weighted by Crippen LogP contribution is -2.52. The monoisotopic (exact) mass is 451 g/mol. The van der Waals surface area contributed by atoms with Crippen molar-refractivity contribution in [2.24, 2.45) is 5.92 Å². The number of carbonyl (C=O) groups excluding carboxylic acids is 1. The molecule has 168 valence electrons. The molecule has 3 heterocycles. The van der Waals surface area contributed by atoms with Gasteiger partial charge < -0.3 is 23.6 Å². The number of hydrogen-bond acceptors (Lipinski definition) is 8. The smallest absolute Gasteiger partial charge is 0.410 e. The number of benzene rings is 1. The van der Waals surface area contributed by atoms with E-state index in [0.29, 0.717) is 41.9 Å². The summed E-state index contributed by atoms with van der Waals surface area (Å²) in [5, 5.41) is 3.93. The molecule has 2 aliphatic rings. The van der Waals surface area contributed by atoms with Crippen molar-refractivity contribution in [3.8, 4) is 11.4 Å².